The van der Waals surface area contributed by atoms with Gasteiger partial charge >= 0.3 is 0 Å². The summed E-state index contributed by atoms with van der Waals surface area (Å²) in [6.45, 7) is 3.40. The Morgan fingerprint density at radius 2 is 2.21 bits per heavy atom. The van der Waals surface area contributed by atoms with Crippen LogP contribution >= 0.6 is 11.6 Å². The minimum atomic E-state index is -0.559. The predicted octanol–water partition coefficient (Wildman–Crippen LogP) is 3.08. The average molecular weight is 284 g/mol. The van der Waals surface area contributed by atoms with Crippen LogP contribution in [0, 0.1) is 17.0 Å². The summed E-state index contributed by atoms with van der Waals surface area (Å²) in [5.74, 6) is 1.15. The van der Waals surface area contributed by atoms with E-state index in [1.807, 2.05) is 0 Å². The lowest BCUT2D eigenvalue weighted by molar-refractivity contribution is -0.384. The first-order valence-corrected chi connectivity index (χ1v) is 5.76. The molecule has 8 heteroatoms. The van der Waals surface area contributed by atoms with Gasteiger partial charge in [-0.2, -0.15) is 0 Å². The van der Waals surface area contributed by atoms with Gasteiger partial charge in [0.25, 0.3) is 11.6 Å². The van der Waals surface area contributed by atoms with Crippen molar-refractivity contribution < 1.29 is 14.1 Å². The molecular formula is C11H10ClN3O4. The Bertz CT molecular complexity index is 614. The Morgan fingerprint density at radius 1 is 1.47 bits per heavy atom. The van der Waals surface area contributed by atoms with Gasteiger partial charge in [0, 0.05) is 19.1 Å². The van der Waals surface area contributed by atoms with Gasteiger partial charge < -0.3 is 9.15 Å². The van der Waals surface area contributed by atoms with Gasteiger partial charge in [-0.25, -0.2) is 0 Å². The van der Waals surface area contributed by atoms with Gasteiger partial charge in [-0.1, -0.05) is 11.6 Å². The fourth-order valence-corrected chi connectivity index (χ4v) is 1.68. The summed E-state index contributed by atoms with van der Waals surface area (Å²) in [6.07, 6.45) is -0.473. The molecule has 0 saturated carbocycles. The lowest BCUT2D eigenvalue weighted by atomic mass is 10.3. The molecule has 0 amide bonds. The van der Waals surface area contributed by atoms with Gasteiger partial charge in [-0.05, 0) is 13.0 Å². The number of benzene rings is 1. The zero-order valence-corrected chi connectivity index (χ0v) is 10.9. The second-order valence-electron chi connectivity index (χ2n) is 3.79. The van der Waals surface area contributed by atoms with Crippen molar-refractivity contribution in [3.05, 3.63) is 45.1 Å². The first-order valence-electron chi connectivity index (χ1n) is 5.38. The number of halogens is 1. The topological polar surface area (TPSA) is 91.3 Å². The molecule has 0 saturated heterocycles. The Morgan fingerprint density at radius 3 is 2.74 bits per heavy atom. The monoisotopic (exact) mass is 283 g/mol. The Kier molecular flexibility index (Phi) is 3.66. The highest BCUT2D eigenvalue weighted by Gasteiger charge is 2.17. The second-order valence-corrected chi connectivity index (χ2v) is 4.20. The molecule has 0 bridgehead atoms. The molecule has 7 nitrogen and oxygen atoms in total. The van der Waals surface area contributed by atoms with E-state index in [0.29, 0.717) is 17.5 Å². The Balaban J connectivity index is 2.15. The van der Waals surface area contributed by atoms with E-state index in [2.05, 4.69) is 10.2 Å². The molecule has 0 radical (unpaired) electrons. The van der Waals surface area contributed by atoms with Crippen LogP contribution in [0.3, 0.4) is 0 Å². The third-order valence-electron chi connectivity index (χ3n) is 2.32. The minimum Gasteiger partial charge on any atom is -0.481 e. The number of rotatable bonds is 4. The number of nitro groups is 1. The number of nitrogens with zero attached hydrogens (tertiary/aromatic N) is 3. The zero-order valence-electron chi connectivity index (χ0n) is 10.2. The van der Waals surface area contributed by atoms with Gasteiger partial charge in [0.2, 0.25) is 5.89 Å². The van der Waals surface area contributed by atoms with Crippen LogP contribution in [0.1, 0.15) is 24.8 Å². The van der Waals surface area contributed by atoms with E-state index in [4.69, 9.17) is 20.8 Å². The molecule has 1 aromatic carbocycles. The van der Waals surface area contributed by atoms with E-state index < -0.39 is 11.0 Å². The summed E-state index contributed by atoms with van der Waals surface area (Å²) in [5, 5.41) is 18.2. The number of nitro benzene ring substituents is 1. The molecule has 19 heavy (non-hydrogen) atoms. The maximum Gasteiger partial charge on any atom is 0.288 e. The normalized spacial score (nSPS) is 12.2. The number of aromatic nitrogens is 2. The SMILES string of the molecule is Cc1nnc([C@@H](C)Oc2ccc([N+](=O)[O-])c(Cl)c2)o1. The maximum atomic E-state index is 10.6. The fraction of sp³-hybridized carbons (Fsp3) is 0.273. The van der Waals surface area contributed by atoms with Crippen molar-refractivity contribution in [1.29, 1.82) is 0 Å². The van der Waals surface area contributed by atoms with Crippen molar-refractivity contribution in [2.75, 3.05) is 0 Å². The molecule has 0 N–H and O–H groups in total. The molecule has 100 valence electrons. The van der Waals surface area contributed by atoms with Crippen LogP contribution in [-0.2, 0) is 0 Å². The summed E-state index contributed by atoms with van der Waals surface area (Å²) in [4.78, 5) is 10.1. The van der Waals surface area contributed by atoms with Crippen LogP contribution < -0.4 is 4.74 Å². The molecule has 0 fully saturated rings. The van der Waals surface area contributed by atoms with E-state index >= 15 is 0 Å². The van der Waals surface area contributed by atoms with Crippen LogP contribution in [0.2, 0.25) is 5.02 Å². The number of aryl methyl sites for hydroxylation is 1. The van der Waals surface area contributed by atoms with Crippen LogP contribution in [0.5, 0.6) is 5.75 Å². The van der Waals surface area contributed by atoms with Crippen molar-refractivity contribution in [1.82, 2.24) is 10.2 Å². The summed E-state index contributed by atoms with van der Waals surface area (Å²) >= 11 is 5.78. The largest absolute Gasteiger partial charge is 0.481 e. The molecule has 0 unspecified atom stereocenters. The van der Waals surface area contributed by atoms with Gasteiger partial charge in [-0.15, -0.1) is 10.2 Å². The van der Waals surface area contributed by atoms with E-state index in [1.54, 1.807) is 13.8 Å². The average Bonchev–Trinajstić information content (AvgIpc) is 2.75. The van der Waals surface area contributed by atoms with Crippen LogP contribution in [-0.4, -0.2) is 15.1 Å². The molecule has 0 aliphatic heterocycles. The number of hydrogen-bond acceptors (Lipinski definition) is 6. The molecule has 1 atom stereocenters. The highest BCUT2D eigenvalue weighted by Crippen LogP contribution is 2.30. The van der Waals surface area contributed by atoms with Crippen molar-refractivity contribution in [2.45, 2.75) is 20.0 Å². The lowest BCUT2D eigenvalue weighted by Crippen LogP contribution is -2.03. The molecule has 2 rings (SSSR count). The van der Waals surface area contributed by atoms with Gasteiger partial charge in [0.1, 0.15) is 10.8 Å². The molecule has 2 aromatic rings. The fourth-order valence-electron chi connectivity index (χ4n) is 1.44. The molecular weight excluding hydrogens is 274 g/mol. The highest BCUT2D eigenvalue weighted by atomic mass is 35.5. The van der Waals surface area contributed by atoms with Crippen molar-refractivity contribution in [2.24, 2.45) is 0 Å². The summed E-state index contributed by atoms with van der Waals surface area (Å²) < 4.78 is 10.7. The molecule has 1 heterocycles. The molecule has 0 aliphatic rings. The van der Waals surface area contributed by atoms with Crippen LogP contribution in [0.4, 0.5) is 5.69 Å². The van der Waals surface area contributed by atoms with Crippen molar-refractivity contribution >= 4 is 17.3 Å². The van der Waals surface area contributed by atoms with Gasteiger partial charge in [0.05, 0.1) is 4.92 Å². The smallest absolute Gasteiger partial charge is 0.288 e. The van der Waals surface area contributed by atoms with Crippen molar-refractivity contribution in [3.8, 4) is 5.75 Å². The summed E-state index contributed by atoms with van der Waals surface area (Å²) in [5.41, 5.74) is -0.171. The van der Waals surface area contributed by atoms with Crippen LogP contribution in [0.15, 0.2) is 22.6 Å². The van der Waals surface area contributed by atoms with E-state index in [0.717, 1.165) is 0 Å². The van der Waals surface area contributed by atoms with E-state index in [9.17, 15) is 10.1 Å². The second kappa shape index (κ2) is 5.23. The first kappa shape index (κ1) is 13.3. The Labute approximate surface area is 113 Å². The highest BCUT2D eigenvalue weighted by molar-refractivity contribution is 6.32. The maximum absolute atomic E-state index is 10.6. The summed E-state index contributed by atoms with van der Waals surface area (Å²) in [6, 6.07) is 4.12. The first-order chi connectivity index (χ1) is 8.97. The van der Waals surface area contributed by atoms with Crippen molar-refractivity contribution in [3.63, 3.8) is 0 Å². The standard InChI is InChI=1S/C11H10ClN3O4/c1-6(11-14-13-7(2)19-11)18-8-3-4-10(15(16)17)9(12)5-8/h3-6H,1-2H3/t6-/m1/s1. The molecule has 1 aromatic heterocycles. The van der Waals surface area contributed by atoms with Gasteiger partial charge in [0.15, 0.2) is 6.10 Å². The van der Waals surface area contributed by atoms with E-state index in [-0.39, 0.29) is 10.7 Å². The van der Waals surface area contributed by atoms with Crippen LogP contribution in [0.25, 0.3) is 0 Å². The quantitative estimate of drug-likeness (QED) is 0.632. The molecule has 0 spiro atoms. The zero-order chi connectivity index (χ0) is 14.0. The third kappa shape index (κ3) is 3.00. The number of ether oxygens (including phenoxy) is 1. The predicted molar refractivity (Wildman–Crippen MR) is 66.2 cm³/mol. The molecule has 0 aliphatic carbocycles. The lowest BCUT2D eigenvalue weighted by Gasteiger charge is -2.10. The third-order valence-corrected chi connectivity index (χ3v) is 2.62. The Hall–Kier alpha value is -2.15. The summed E-state index contributed by atoms with van der Waals surface area (Å²) in [7, 11) is 0. The number of hydrogen-bond donors (Lipinski definition) is 0. The van der Waals surface area contributed by atoms with Gasteiger partial charge in [-0.3, -0.25) is 10.1 Å². The minimum absolute atomic E-state index is 0.0106. The van der Waals surface area contributed by atoms with E-state index in [1.165, 1.54) is 18.2 Å².